The Morgan fingerprint density at radius 2 is 2.00 bits per heavy atom. The molecule has 0 bridgehead atoms. The van der Waals surface area contributed by atoms with Crippen LogP contribution in [-0.2, 0) is 11.2 Å². The van der Waals surface area contributed by atoms with Crippen molar-refractivity contribution in [1.29, 1.82) is 5.26 Å². The number of allylic oxidation sites excluding steroid dienone is 1. The Hall–Kier alpha value is -5.21. The highest BCUT2D eigenvalue weighted by Gasteiger charge is 2.35. The lowest BCUT2D eigenvalue weighted by atomic mass is 10.0. The number of urea groups is 1. The Labute approximate surface area is 276 Å². The average Bonchev–Trinajstić information content (AvgIpc) is 3.83. The van der Waals surface area contributed by atoms with E-state index in [2.05, 4.69) is 28.6 Å². The minimum atomic E-state index is -0.383. The third kappa shape index (κ3) is 5.92. The molecule has 4 aromatic rings. The second-order valence-electron chi connectivity index (χ2n) is 12.2. The van der Waals surface area contributed by atoms with Crippen molar-refractivity contribution in [1.82, 2.24) is 15.2 Å². The summed E-state index contributed by atoms with van der Waals surface area (Å²) in [7, 11) is 0. The van der Waals surface area contributed by atoms with Gasteiger partial charge in [-0.2, -0.15) is 5.26 Å². The highest BCUT2D eigenvalue weighted by molar-refractivity contribution is 7.21. The standard InChI is InChI=1S/C36H34N6O4S/c1-3-23-7-4-5-9-29(23)46-26-12-13-27(21(2)17-26)42-28-14-15-38-34-30(28)31(40-36(42)45)32(47-34)33(43)39-25-8-6-16-41(20-25)35(44)24(19-37)18-22-10-11-22/h4-5,7,9,12-15,17-18,22,25H,3,6,8,10-11,16,20H2,1-2H3,(H,39,43)(H,40,45). The Kier molecular flexibility index (Phi) is 8.12. The summed E-state index contributed by atoms with van der Waals surface area (Å²) in [5.41, 5.74) is 3.89. The fraction of sp³-hybridized carbons (Fsp3) is 0.306. The largest absolute Gasteiger partial charge is 0.457 e. The number of hydrogen-bond acceptors (Lipinski definition) is 7. The first-order valence-corrected chi connectivity index (χ1v) is 16.8. The number of carbonyl (C=O) groups is 3. The molecule has 1 saturated heterocycles. The van der Waals surface area contributed by atoms with E-state index in [1.807, 2.05) is 49.4 Å². The van der Waals surface area contributed by atoms with Crippen LogP contribution in [0.15, 0.2) is 66.4 Å². The van der Waals surface area contributed by atoms with Crippen LogP contribution in [0.3, 0.4) is 0 Å². The summed E-state index contributed by atoms with van der Waals surface area (Å²) in [6.45, 7) is 4.88. The topological polar surface area (TPSA) is 128 Å². The van der Waals surface area contributed by atoms with Gasteiger partial charge >= 0.3 is 6.03 Å². The van der Waals surface area contributed by atoms with E-state index >= 15 is 0 Å². The van der Waals surface area contributed by atoms with Crippen LogP contribution in [0.2, 0.25) is 0 Å². The molecule has 4 heterocycles. The number of carbonyl (C=O) groups excluding carboxylic acids is 3. The second-order valence-corrected chi connectivity index (χ2v) is 13.2. The first-order chi connectivity index (χ1) is 22.8. The molecule has 2 N–H and O–H groups in total. The maximum Gasteiger partial charge on any atom is 0.331 e. The summed E-state index contributed by atoms with van der Waals surface area (Å²) in [5.74, 6) is 1.17. The summed E-state index contributed by atoms with van der Waals surface area (Å²) in [6.07, 6.45) is 7.71. The Morgan fingerprint density at radius 1 is 1.17 bits per heavy atom. The minimum absolute atomic E-state index is 0.179. The highest BCUT2D eigenvalue weighted by atomic mass is 32.1. The number of nitriles is 1. The van der Waals surface area contributed by atoms with Crippen LogP contribution in [0.25, 0.3) is 10.2 Å². The van der Waals surface area contributed by atoms with Crippen LogP contribution in [0, 0.1) is 24.2 Å². The van der Waals surface area contributed by atoms with Crippen LogP contribution >= 0.6 is 11.3 Å². The third-order valence-corrected chi connectivity index (χ3v) is 9.96. The van der Waals surface area contributed by atoms with Crippen molar-refractivity contribution in [2.45, 2.75) is 52.0 Å². The molecule has 1 saturated carbocycles. The molecule has 3 aliphatic rings. The zero-order valence-electron chi connectivity index (χ0n) is 26.2. The van der Waals surface area contributed by atoms with E-state index in [9.17, 15) is 19.6 Å². The molecule has 2 aliphatic heterocycles. The maximum absolute atomic E-state index is 13.7. The van der Waals surface area contributed by atoms with Crippen LogP contribution in [0.5, 0.6) is 11.5 Å². The Bertz CT molecular complexity index is 1990. The van der Waals surface area contributed by atoms with Gasteiger partial charge < -0.3 is 20.3 Å². The fourth-order valence-corrected chi connectivity index (χ4v) is 7.33. The quantitative estimate of drug-likeness (QED) is 0.154. The molecule has 2 aromatic heterocycles. The van der Waals surface area contributed by atoms with Gasteiger partial charge in [0.05, 0.1) is 22.4 Å². The summed E-state index contributed by atoms with van der Waals surface area (Å²) in [6, 6.07) is 16.7. The number of nitrogens with one attached hydrogen (secondary N) is 2. The number of ether oxygens (including phenoxy) is 1. The van der Waals surface area contributed by atoms with Crippen molar-refractivity contribution < 1.29 is 19.1 Å². The van der Waals surface area contributed by atoms with Crippen molar-refractivity contribution in [2.75, 3.05) is 23.3 Å². The third-order valence-electron chi connectivity index (χ3n) is 8.86. The molecule has 11 heteroatoms. The van der Waals surface area contributed by atoms with E-state index in [1.54, 1.807) is 28.1 Å². The zero-order valence-corrected chi connectivity index (χ0v) is 27.0. The van der Waals surface area contributed by atoms with Gasteiger partial charge in [0, 0.05) is 25.3 Å². The molecule has 7 rings (SSSR count). The normalized spacial score (nSPS) is 17.7. The van der Waals surface area contributed by atoms with Gasteiger partial charge in [-0.05, 0) is 86.4 Å². The molecule has 1 atom stereocenters. The molecule has 10 nitrogen and oxygen atoms in total. The number of aryl methyl sites for hydroxylation is 2. The number of nitrogens with zero attached hydrogens (tertiary/aromatic N) is 4. The predicted molar refractivity (Wildman–Crippen MR) is 181 cm³/mol. The molecular formula is C36H34N6O4S. The number of piperidine rings is 1. The van der Waals surface area contributed by atoms with Gasteiger partial charge in [0.2, 0.25) is 0 Å². The van der Waals surface area contributed by atoms with Crippen LogP contribution < -0.4 is 20.3 Å². The molecule has 2 fully saturated rings. The fourth-order valence-electron chi connectivity index (χ4n) is 6.30. The van der Waals surface area contributed by atoms with Crippen molar-refractivity contribution in [3.05, 3.63) is 82.4 Å². The van der Waals surface area contributed by atoms with Gasteiger partial charge in [0.15, 0.2) is 0 Å². The summed E-state index contributed by atoms with van der Waals surface area (Å²) in [5, 5.41) is 16.3. The molecule has 47 heavy (non-hydrogen) atoms. The monoisotopic (exact) mass is 646 g/mol. The molecule has 238 valence electrons. The van der Waals surface area contributed by atoms with Gasteiger partial charge in [-0.1, -0.05) is 31.2 Å². The number of anilines is 3. The SMILES string of the molecule is CCc1ccccc1Oc1ccc(N2C(=O)Nc3c(C(=O)NC4CCCN(C(=O)C(C#N)=CC5CC5)C4)sc4nccc2c34)c(C)c1. The molecule has 0 radical (unpaired) electrons. The number of para-hydroxylation sites is 1. The smallest absolute Gasteiger partial charge is 0.331 e. The number of hydrogen-bond donors (Lipinski definition) is 2. The first-order valence-electron chi connectivity index (χ1n) is 16.0. The lowest BCUT2D eigenvalue weighted by molar-refractivity contribution is -0.128. The summed E-state index contributed by atoms with van der Waals surface area (Å²) >= 11 is 1.22. The summed E-state index contributed by atoms with van der Waals surface area (Å²) in [4.78, 5) is 49.2. The van der Waals surface area contributed by atoms with E-state index in [1.165, 1.54) is 11.3 Å². The summed E-state index contributed by atoms with van der Waals surface area (Å²) < 4.78 is 6.20. The second kappa shape index (κ2) is 12.5. The number of pyridine rings is 1. The van der Waals surface area contributed by atoms with Crippen molar-refractivity contribution in [2.24, 2.45) is 5.92 Å². The predicted octanol–water partition coefficient (Wildman–Crippen LogP) is 7.22. The number of likely N-dealkylation sites (tertiary alicyclic amines) is 1. The molecule has 0 spiro atoms. The van der Waals surface area contributed by atoms with Gasteiger partial charge in [-0.25, -0.2) is 9.78 Å². The lowest BCUT2D eigenvalue weighted by Crippen LogP contribution is -2.50. The van der Waals surface area contributed by atoms with Crippen molar-refractivity contribution in [3.8, 4) is 17.6 Å². The number of rotatable bonds is 8. The minimum Gasteiger partial charge on any atom is -0.457 e. The molecule has 1 aliphatic carbocycles. The van der Waals surface area contributed by atoms with E-state index in [0.29, 0.717) is 69.8 Å². The number of aromatic nitrogens is 1. The molecule has 2 aromatic carbocycles. The first kappa shape index (κ1) is 30.4. The van der Waals surface area contributed by atoms with Crippen LogP contribution in [-0.4, -0.2) is 46.9 Å². The lowest BCUT2D eigenvalue weighted by Gasteiger charge is -2.33. The number of thiophene rings is 1. The number of benzene rings is 2. The van der Waals surface area contributed by atoms with Gasteiger partial charge in [-0.3, -0.25) is 14.5 Å². The van der Waals surface area contributed by atoms with Gasteiger partial charge in [0.25, 0.3) is 11.8 Å². The zero-order chi connectivity index (χ0) is 32.7. The molecule has 1 unspecified atom stereocenters. The Morgan fingerprint density at radius 3 is 2.77 bits per heavy atom. The van der Waals surface area contributed by atoms with Crippen LogP contribution in [0.1, 0.15) is 53.4 Å². The van der Waals surface area contributed by atoms with E-state index in [-0.39, 0.29) is 29.5 Å². The molecule has 4 amide bonds. The van der Waals surface area contributed by atoms with Crippen molar-refractivity contribution in [3.63, 3.8) is 0 Å². The molecular weight excluding hydrogens is 613 g/mol. The number of amides is 4. The van der Waals surface area contributed by atoms with Gasteiger partial charge in [-0.15, -0.1) is 11.3 Å². The van der Waals surface area contributed by atoms with E-state index < -0.39 is 0 Å². The van der Waals surface area contributed by atoms with E-state index in [4.69, 9.17) is 4.74 Å². The van der Waals surface area contributed by atoms with Gasteiger partial charge in [0.1, 0.15) is 32.8 Å². The van der Waals surface area contributed by atoms with E-state index in [0.717, 1.165) is 36.1 Å². The maximum atomic E-state index is 13.7. The Balaban J connectivity index is 1.12. The average molecular weight is 647 g/mol. The highest BCUT2D eigenvalue weighted by Crippen LogP contribution is 2.46. The van der Waals surface area contributed by atoms with Crippen molar-refractivity contribution >= 4 is 56.5 Å². The van der Waals surface area contributed by atoms with Crippen LogP contribution in [0.4, 0.5) is 21.9 Å².